The zero-order chi connectivity index (χ0) is 12.0. The van der Waals surface area contributed by atoms with Gasteiger partial charge in [-0.05, 0) is 57.6 Å². The fourth-order valence-electron chi connectivity index (χ4n) is 1.57. The average Bonchev–Trinajstić information content (AvgIpc) is 2.25. The summed E-state index contributed by atoms with van der Waals surface area (Å²) in [6.07, 6.45) is 2.89. The normalized spacial score (nSPS) is 13.1. The smallest absolute Gasteiger partial charge is 0.123 e. The Balaban J connectivity index is 2.26. The Morgan fingerprint density at radius 2 is 1.81 bits per heavy atom. The van der Waals surface area contributed by atoms with Gasteiger partial charge < -0.3 is 10.6 Å². The van der Waals surface area contributed by atoms with E-state index >= 15 is 0 Å². The molecule has 0 aliphatic heterocycles. The Morgan fingerprint density at radius 1 is 1.19 bits per heavy atom. The van der Waals surface area contributed by atoms with Gasteiger partial charge in [-0.25, -0.2) is 4.39 Å². The van der Waals surface area contributed by atoms with Crippen molar-refractivity contribution in [1.29, 1.82) is 0 Å². The molecule has 0 bridgehead atoms. The SMILES string of the molecule is CN(C)CC[C@@H](N)CCc1ccc(F)cc1. The predicted molar refractivity (Wildman–Crippen MR) is 65.9 cm³/mol. The third-order valence-electron chi connectivity index (χ3n) is 2.66. The van der Waals surface area contributed by atoms with Crippen molar-refractivity contribution in [3.8, 4) is 0 Å². The molecule has 90 valence electrons. The van der Waals surface area contributed by atoms with Crippen LogP contribution in [0.1, 0.15) is 18.4 Å². The number of rotatable bonds is 6. The van der Waals surface area contributed by atoms with Gasteiger partial charge in [0.2, 0.25) is 0 Å². The molecule has 0 aliphatic rings. The van der Waals surface area contributed by atoms with E-state index in [4.69, 9.17) is 5.73 Å². The highest BCUT2D eigenvalue weighted by molar-refractivity contribution is 5.16. The van der Waals surface area contributed by atoms with Gasteiger partial charge in [0.25, 0.3) is 0 Å². The molecular weight excluding hydrogens is 203 g/mol. The molecule has 0 saturated carbocycles. The van der Waals surface area contributed by atoms with Crippen LogP contribution < -0.4 is 5.73 Å². The lowest BCUT2D eigenvalue weighted by Gasteiger charge is -2.15. The first kappa shape index (κ1) is 13.1. The first-order chi connectivity index (χ1) is 7.58. The van der Waals surface area contributed by atoms with Gasteiger partial charge in [-0.1, -0.05) is 12.1 Å². The summed E-state index contributed by atoms with van der Waals surface area (Å²) in [6, 6.07) is 6.89. The second kappa shape index (κ2) is 6.61. The molecule has 0 amide bonds. The summed E-state index contributed by atoms with van der Waals surface area (Å²) in [5, 5.41) is 0. The maximum Gasteiger partial charge on any atom is 0.123 e. The van der Waals surface area contributed by atoms with Crippen LogP contribution in [0, 0.1) is 5.82 Å². The molecule has 0 radical (unpaired) electrons. The van der Waals surface area contributed by atoms with Gasteiger partial charge >= 0.3 is 0 Å². The number of nitrogens with zero attached hydrogens (tertiary/aromatic N) is 1. The van der Waals surface area contributed by atoms with E-state index in [2.05, 4.69) is 4.90 Å². The Bertz CT molecular complexity index is 295. The van der Waals surface area contributed by atoms with E-state index in [9.17, 15) is 4.39 Å². The number of halogens is 1. The number of benzene rings is 1. The van der Waals surface area contributed by atoms with Gasteiger partial charge in [-0.2, -0.15) is 0 Å². The highest BCUT2D eigenvalue weighted by Crippen LogP contribution is 2.07. The van der Waals surface area contributed by atoms with E-state index in [0.29, 0.717) is 0 Å². The second-order valence-corrected chi connectivity index (χ2v) is 4.52. The minimum absolute atomic E-state index is 0.180. The number of hydrogen-bond donors (Lipinski definition) is 1. The van der Waals surface area contributed by atoms with Crippen molar-refractivity contribution in [2.75, 3.05) is 20.6 Å². The van der Waals surface area contributed by atoms with E-state index in [-0.39, 0.29) is 11.9 Å². The standard InChI is InChI=1S/C13H21FN2/c1-16(2)10-9-13(15)8-5-11-3-6-12(14)7-4-11/h3-4,6-7,13H,5,8-10,15H2,1-2H3/t13-/m0/s1. The van der Waals surface area contributed by atoms with Crippen LogP contribution in [-0.4, -0.2) is 31.6 Å². The number of aryl methyl sites for hydroxylation is 1. The Hall–Kier alpha value is -0.930. The summed E-state index contributed by atoms with van der Waals surface area (Å²) in [5.74, 6) is -0.180. The van der Waals surface area contributed by atoms with E-state index in [1.54, 1.807) is 0 Å². The van der Waals surface area contributed by atoms with Crippen LogP contribution in [0.25, 0.3) is 0 Å². The zero-order valence-corrected chi connectivity index (χ0v) is 10.1. The van der Waals surface area contributed by atoms with Crippen LogP contribution in [0.15, 0.2) is 24.3 Å². The monoisotopic (exact) mass is 224 g/mol. The largest absolute Gasteiger partial charge is 0.328 e. The molecule has 0 fully saturated rings. The summed E-state index contributed by atoms with van der Waals surface area (Å²) in [5.41, 5.74) is 7.15. The summed E-state index contributed by atoms with van der Waals surface area (Å²) in [4.78, 5) is 2.14. The molecule has 1 aromatic carbocycles. The Morgan fingerprint density at radius 3 is 2.38 bits per heavy atom. The van der Waals surface area contributed by atoms with E-state index < -0.39 is 0 Å². The first-order valence-corrected chi connectivity index (χ1v) is 5.72. The lowest BCUT2D eigenvalue weighted by Crippen LogP contribution is -2.26. The molecule has 1 rings (SSSR count). The second-order valence-electron chi connectivity index (χ2n) is 4.52. The van der Waals surface area contributed by atoms with Gasteiger partial charge in [0, 0.05) is 6.04 Å². The Labute approximate surface area is 97.3 Å². The van der Waals surface area contributed by atoms with Gasteiger partial charge in [0.1, 0.15) is 5.82 Å². The van der Waals surface area contributed by atoms with E-state index in [1.165, 1.54) is 12.1 Å². The first-order valence-electron chi connectivity index (χ1n) is 5.72. The van der Waals surface area contributed by atoms with E-state index in [0.717, 1.165) is 31.4 Å². The van der Waals surface area contributed by atoms with Crippen LogP contribution in [-0.2, 0) is 6.42 Å². The molecule has 1 atom stereocenters. The van der Waals surface area contributed by atoms with Crippen LogP contribution in [0.2, 0.25) is 0 Å². The fourth-order valence-corrected chi connectivity index (χ4v) is 1.57. The molecule has 0 heterocycles. The zero-order valence-electron chi connectivity index (χ0n) is 10.1. The van der Waals surface area contributed by atoms with Crippen molar-refractivity contribution in [3.63, 3.8) is 0 Å². The van der Waals surface area contributed by atoms with Gasteiger partial charge in [-0.3, -0.25) is 0 Å². The van der Waals surface area contributed by atoms with Gasteiger partial charge in [0.05, 0.1) is 0 Å². The lowest BCUT2D eigenvalue weighted by molar-refractivity contribution is 0.375. The number of nitrogens with two attached hydrogens (primary N) is 1. The molecule has 3 heteroatoms. The molecule has 0 aliphatic carbocycles. The van der Waals surface area contributed by atoms with E-state index in [1.807, 2.05) is 26.2 Å². The molecule has 0 unspecified atom stereocenters. The Kier molecular flexibility index (Phi) is 5.43. The highest BCUT2D eigenvalue weighted by Gasteiger charge is 2.04. The molecule has 2 nitrogen and oxygen atoms in total. The molecule has 2 N–H and O–H groups in total. The summed E-state index contributed by atoms with van der Waals surface area (Å²) in [6.45, 7) is 1.02. The van der Waals surface area contributed by atoms with Crippen molar-refractivity contribution in [1.82, 2.24) is 4.90 Å². The van der Waals surface area contributed by atoms with Gasteiger partial charge in [0.15, 0.2) is 0 Å². The maximum atomic E-state index is 12.7. The molecule has 0 saturated heterocycles. The maximum absolute atomic E-state index is 12.7. The lowest BCUT2D eigenvalue weighted by atomic mass is 10.0. The van der Waals surface area contributed by atoms with Crippen LogP contribution >= 0.6 is 0 Å². The molecular formula is C13H21FN2. The van der Waals surface area contributed by atoms with Gasteiger partial charge in [-0.15, -0.1) is 0 Å². The summed E-state index contributed by atoms with van der Waals surface area (Å²) in [7, 11) is 4.10. The quantitative estimate of drug-likeness (QED) is 0.801. The van der Waals surface area contributed by atoms with Crippen molar-refractivity contribution in [2.24, 2.45) is 5.73 Å². The predicted octanol–water partition coefficient (Wildman–Crippen LogP) is 2.04. The van der Waals surface area contributed by atoms with Crippen molar-refractivity contribution >= 4 is 0 Å². The third kappa shape index (κ3) is 5.24. The number of hydrogen-bond acceptors (Lipinski definition) is 2. The topological polar surface area (TPSA) is 29.3 Å². The molecule has 0 spiro atoms. The molecule has 16 heavy (non-hydrogen) atoms. The summed E-state index contributed by atoms with van der Waals surface area (Å²) >= 11 is 0. The van der Waals surface area contributed by atoms with Crippen LogP contribution in [0.5, 0.6) is 0 Å². The molecule has 1 aromatic rings. The van der Waals surface area contributed by atoms with Crippen LogP contribution in [0.4, 0.5) is 4.39 Å². The highest BCUT2D eigenvalue weighted by atomic mass is 19.1. The summed E-state index contributed by atoms with van der Waals surface area (Å²) < 4.78 is 12.7. The van der Waals surface area contributed by atoms with Crippen molar-refractivity contribution in [3.05, 3.63) is 35.6 Å². The minimum atomic E-state index is -0.180. The third-order valence-corrected chi connectivity index (χ3v) is 2.66. The van der Waals surface area contributed by atoms with Crippen LogP contribution in [0.3, 0.4) is 0 Å². The fraction of sp³-hybridized carbons (Fsp3) is 0.538. The average molecular weight is 224 g/mol. The van der Waals surface area contributed by atoms with Crippen molar-refractivity contribution in [2.45, 2.75) is 25.3 Å². The molecule has 0 aromatic heterocycles. The van der Waals surface area contributed by atoms with Crippen molar-refractivity contribution < 1.29 is 4.39 Å². The minimum Gasteiger partial charge on any atom is -0.328 e.